The van der Waals surface area contributed by atoms with Crippen LogP contribution in [0.25, 0.3) is 0 Å². The SMILES string of the molecule is COc1ccc(NC(=O)CSCC(=O)Nc2cc(OC)cc(OC)c2)cc1. The largest absolute Gasteiger partial charge is 0.497 e. The van der Waals surface area contributed by atoms with E-state index in [0.29, 0.717) is 28.6 Å². The quantitative estimate of drug-likeness (QED) is 0.685. The summed E-state index contributed by atoms with van der Waals surface area (Å²) >= 11 is 1.22. The Morgan fingerprint density at radius 2 is 1.22 bits per heavy atom. The summed E-state index contributed by atoms with van der Waals surface area (Å²) < 4.78 is 15.4. The molecule has 27 heavy (non-hydrogen) atoms. The molecule has 0 unspecified atom stereocenters. The molecule has 0 spiro atoms. The molecular weight excluding hydrogens is 368 g/mol. The first-order chi connectivity index (χ1) is 13.0. The third-order valence-corrected chi connectivity index (χ3v) is 4.41. The predicted octanol–water partition coefficient (Wildman–Crippen LogP) is 3.02. The Morgan fingerprint density at radius 1 is 0.741 bits per heavy atom. The van der Waals surface area contributed by atoms with Crippen molar-refractivity contribution in [1.29, 1.82) is 0 Å². The minimum absolute atomic E-state index is 0.148. The van der Waals surface area contributed by atoms with Crippen LogP contribution in [0.1, 0.15) is 0 Å². The maximum absolute atomic E-state index is 12.1. The van der Waals surface area contributed by atoms with Gasteiger partial charge in [0.05, 0.1) is 32.8 Å². The van der Waals surface area contributed by atoms with Gasteiger partial charge in [0.25, 0.3) is 0 Å². The molecule has 0 atom stereocenters. The molecule has 7 nitrogen and oxygen atoms in total. The van der Waals surface area contributed by atoms with Gasteiger partial charge in [-0.1, -0.05) is 0 Å². The van der Waals surface area contributed by atoms with Gasteiger partial charge < -0.3 is 24.8 Å². The van der Waals surface area contributed by atoms with Gasteiger partial charge in [0.2, 0.25) is 11.8 Å². The van der Waals surface area contributed by atoms with Crippen molar-refractivity contribution in [3.05, 3.63) is 42.5 Å². The lowest BCUT2D eigenvalue weighted by Gasteiger charge is -2.10. The highest BCUT2D eigenvalue weighted by Crippen LogP contribution is 2.25. The summed E-state index contributed by atoms with van der Waals surface area (Å²) in [5, 5.41) is 5.53. The monoisotopic (exact) mass is 390 g/mol. The van der Waals surface area contributed by atoms with Crippen LogP contribution < -0.4 is 24.8 Å². The van der Waals surface area contributed by atoms with Crippen LogP contribution in [-0.4, -0.2) is 44.6 Å². The lowest BCUT2D eigenvalue weighted by Crippen LogP contribution is -2.18. The van der Waals surface area contributed by atoms with E-state index < -0.39 is 0 Å². The third kappa shape index (κ3) is 6.74. The Morgan fingerprint density at radius 3 is 1.70 bits per heavy atom. The molecule has 0 aliphatic heterocycles. The lowest BCUT2D eigenvalue weighted by molar-refractivity contribution is -0.114. The number of hydrogen-bond acceptors (Lipinski definition) is 6. The molecule has 0 fully saturated rings. The summed E-state index contributed by atoms with van der Waals surface area (Å²) in [6.07, 6.45) is 0. The summed E-state index contributed by atoms with van der Waals surface area (Å²) in [5.74, 6) is 1.80. The Labute approximate surface area is 162 Å². The first-order valence-corrected chi connectivity index (χ1v) is 9.24. The van der Waals surface area contributed by atoms with Gasteiger partial charge in [-0.05, 0) is 24.3 Å². The van der Waals surface area contributed by atoms with Crippen molar-refractivity contribution in [2.75, 3.05) is 43.5 Å². The van der Waals surface area contributed by atoms with Crippen LogP contribution in [0.2, 0.25) is 0 Å². The lowest BCUT2D eigenvalue weighted by atomic mass is 10.2. The Bertz CT molecular complexity index is 758. The summed E-state index contributed by atoms with van der Waals surface area (Å²) in [6, 6.07) is 12.1. The molecule has 8 heteroatoms. The predicted molar refractivity (Wildman–Crippen MR) is 107 cm³/mol. The number of carbonyl (C=O) groups is 2. The second-order valence-electron chi connectivity index (χ2n) is 5.42. The number of ether oxygens (including phenoxy) is 3. The smallest absolute Gasteiger partial charge is 0.234 e. The van der Waals surface area contributed by atoms with Gasteiger partial charge in [0.1, 0.15) is 17.2 Å². The topological polar surface area (TPSA) is 85.9 Å². The number of amides is 2. The summed E-state index contributed by atoms with van der Waals surface area (Å²) in [6.45, 7) is 0. The van der Waals surface area contributed by atoms with Crippen LogP contribution in [-0.2, 0) is 9.59 Å². The Hall–Kier alpha value is -2.87. The number of carbonyl (C=O) groups excluding carboxylic acids is 2. The number of methoxy groups -OCH3 is 3. The molecule has 144 valence electrons. The summed E-state index contributed by atoms with van der Waals surface area (Å²) in [7, 11) is 4.66. The zero-order chi connectivity index (χ0) is 19.6. The van der Waals surface area contributed by atoms with Gasteiger partial charge in [0.15, 0.2) is 0 Å². The van der Waals surface area contributed by atoms with Crippen LogP contribution in [0.4, 0.5) is 11.4 Å². The average Bonchev–Trinajstić information content (AvgIpc) is 2.68. The van der Waals surface area contributed by atoms with E-state index in [0.717, 1.165) is 0 Å². The number of thioether (sulfide) groups is 1. The van der Waals surface area contributed by atoms with Crippen molar-refractivity contribution >= 4 is 35.0 Å². The number of rotatable bonds is 9. The van der Waals surface area contributed by atoms with Crippen LogP contribution >= 0.6 is 11.8 Å². The third-order valence-electron chi connectivity index (χ3n) is 3.48. The van der Waals surface area contributed by atoms with Crippen molar-refractivity contribution in [1.82, 2.24) is 0 Å². The second kappa shape index (κ2) is 10.3. The van der Waals surface area contributed by atoms with E-state index in [2.05, 4.69) is 10.6 Å². The Kier molecular flexibility index (Phi) is 7.81. The van der Waals surface area contributed by atoms with Crippen LogP contribution in [0.3, 0.4) is 0 Å². The van der Waals surface area contributed by atoms with Crippen molar-refractivity contribution in [3.63, 3.8) is 0 Å². The van der Waals surface area contributed by atoms with Gasteiger partial charge in [-0.2, -0.15) is 0 Å². The van der Waals surface area contributed by atoms with Crippen LogP contribution in [0.5, 0.6) is 17.2 Å². The number of hydrogen-bond donors (Lipinski definition) is 2. The summed E-state index contributed by atoms with van der Waals surface area (Å²) in [5.41, 5.74) is 1.24. The van der Waals surface area contributed by atoms with Crippen molar-refractivity contribution in [2.24, 2.45) is 0 Å². The average molecular weight is 390 g/mol. The molecule has 0 saturated carbocycles. The van der Waals surface area contributed by atoms with Crippen molar-refractivity contribution in [3.8, 4) is 17.2 Å². The molecule has 2 rings (SSSR count). The molecular formula is C19H22N2O5S. The van der Waals surface area contributed by atoms with Gasteiger partial charge in [-0.3, -0.25) is 9.59 Å². The van der Waals surface area contributed by atoms with E-state index >= 15 is 0 Å². The zero-order valence-electron chi connectivity index (χ0n) is 15.4. The minimum atomic E-state index is -0.215. The van der Waals surface area contributed by atoms with E-state index in [1.54, 1.807) is 49.6 Å². The fourth-order valence-corrected chi connectivity index (χ4v) is 2.80. The standard InChI is InChI=1S/C19H22N2O5S/c1-24-15-6-4-13(5-7-15)20-18(22)11-27-12-19(23)21-14-8-16(25-2)10-17(9-14)26-3/h4-10H,11-12H2,1-3H3,(H,20,22)(H,21,23). The molecule has 2 amide bonds. The van der Waals surface area contributed by atoms with Gasteiger partial charge in [-0.25, -0.2) is 0 Å². The van der Waals surface area contributed by atoms with E-state index in [1.807, 2.05) is 0 Å². The highest BCUT2D eigenvalue weighted by Gasteiger charge is 2.09. The molecule has 0 heterocycles. The van der Waals surface area contributed by atoms with Crippen molar-refractivity contribution in [2.45, 2.75) is 0 Å². The number of nitrogens with one attached hydrogen (secondary N) is 2. The maximum atomic E-state index is 12.1. The molecule has 0 saturated heterocycles. The molecule has 2 aromatic carbocycles. The highest BCUT2D eigenvalue weighted by atomic mass is 32.2. The van der Waals surface area contributed by atoms with Gasteiger partial charge in [-0.15, -0.1) is 11.8 Å². The van der Waals surface area contributed by atoms with Gasteiger partial charge in [0, 0.05) is 29.6 Å². The number of anilines is 2. The normalized spacial score (nSPS) is 10.0. The Balaban J connectivity index is 1.77. The maximum Gasteiger partial charge on any atom is 0.234 e. The molecule has 0 aromatic heterocycles. The van der Waals surface area contributed by atoms with Crippen LogP contribution in [0, 0.1) is 0 Å². The molecule has 0 radical (unpaired) electrons. The zero-order valence-corrected chi connectivity index (χ0v) is 16.2. The van der Waals surface area contributed by atoms with Gasteiger partial charge >= 0.3 is 0 Å². The number of benzene rings is 2. The second-order valence-corrected chi connectivity index (χ2v) is 6.40. The fourth-order valence-electron chi connectivity index (χ4n) is 2.18. The van der Waals surface area contributed by atoms with Crippen molar-refractivity contribution < 1.29 is 23.8 Å². The molecule has 0 bridgehead atoms. The van der Waals surface area contributed by atoms with E-state index in [1.165, 1.54) is 26.0 Å². The molecule has 0 aliphatic carbocycles. The highest BCUT2D eigenvalue weighted by molar-refractivity contribution is 8.00. The molecule has 0 aliphatic rings. The molecule has 2 aromatic rings. The summed E-state index contributed by atoms with van der Waals surface area (Å²) in [4.78, 5) is 24.0. The molecule has 2 N–H and O–H groups in total. The van der Waals surface area contributed by atoms with E-state index in [-0.39, 0.29) is 23.3 Å². The van der Waals surface area contributed by atoms with E-state index in [4.69, 9.17) is 14.2 Å². The van der Waals surface area contributed by atoms with E-state index in [9.17, 15) is 9.59 Å². The first-order valence-electron chi connectivity index (χ1n) is 8.08. The first kappa shape index (κ1) is 20.4. The minimum Gasteiger partial charge on any atom is -0.497 e. The fraction of sp³-hybridized carbons (Fsp3) is 0.263. The van der Waals surface area contributed by atoms with Crippen LogP contribution in [0.15, 0.2) is 42.5 Å².